The first-order valence-corrected chi connectivity index (χ1v) is 9.71. The summed E-state index contributed by atoms with van der Waals surface area (Å²) in [5.74, 6) is -0.00284. The minimum atomic E-state index is -0.00284. The molecule has 1 amide bonds. The largest absolute Gasteiger partial charge is 0.350 e. The second-order valence-corrected chi connectivity index (χ2v) is 7.68. The van der Waals surface area contributed by atoms with E-state index in [1.165, 1.54) is 28.0 Å². The lowest BCUT2D eigenvalue weighted by molar-refractivity contribution is 0.0953. The van der Waals surface area contributed by atoms with E-state index in [0.717, 1.165) is 41.5 Å². The highest BCUT2D eigenvalue weighted by molar-refractivity contribution is 7.13. The van der Waals surface area contributed by atoms with E-state index in [2.05, 4.69) is 61.2 Å². The molecule has 25 heavy (non-hydrogen) atoms. The van der Waals surface area contributed by atoms with Gasteiger partial charge >= 0.3 is 0 Å². The van der Waals surface area contributed by atoms with Crippen LogP contribution in [0.2, 0.25) is 0 Å². The summed E-state index contributed by atoms with van der Waals surface area (Å²) < 4.78 is 0. The quantitative estimate of drug-likeness (QED) is 0.784. The number of thiazole rings is 1. The zero-order valence-electron chi connectivity index (χ0n) is 16.0. The number of nitrogens with one attached hydrogen (secondary N) is 1. The predicted molar refractivity (Wildman–Crippen MR) is 106 cm³/mol. The van der Waals surface area contributed by atoms with Crippen molar-refractivity contribution < 1.29 is 4.79 Å². The highest BCUT2D eigenvalue weighted by Crippen LogP contribution is 2.20. The summed E-state index contributed by atoms with van der Waals surface area (Å²) in [6.45, 7) is 10.8. The zero-order valence-corrected chi connectivity index (χ0v) is 16.8. The van der Waals surface area contributed by atoms with E-state index in [1.807, 2.05) is 6.92 Å². The molecule has 0 aliphatic heterocycles. The molecule has 0 saturated heterocycles. The molecule has 136 valence electrons. The molecule has 2 aromatic rings. The number of aromatic nitrogens is 1. The molecule has 0 bridgehead atoms. The summed E-state index contributed by atoms with van der Waals surface area (Å²) in [5.41, 5.74) is 4.80. The van der Waals surface area contributed by atoms with Gasteiger partial charge in [-0.1, -0.05) is 25.1 Å². The maximum atomic E-state index is 12.3. The SMILES string of the molecule is CCN(C)CCNC(=O)c1sc(CCc2ccc(C)c(C)c2)nc1C. The van der Waals surface area contributed by atoms with E-state index in [-0.39, 0.29) is 5.91 Å². The molecule has 0 radical (unpaired) electrons. The van der Waals surface area contributed by atoms with Crippen LogP contribution in [-0.2, 0) is 12.8 Å². The van der Waals surface area contributed by atoms with Crippen LogP contribution in [-0.4, -0.2) is 42.5 Å². The van der Waals surface area contributed by atoms with Gasteiger partial charge in [0.1, 0.15) is 4.88 Å². The highest BCUT2D eigenvalue weighted by Gasteiger charge is 2.15. The molecular weight excluding hydrogens is 330 g/mol. The summed E-state index contributed by atoms with van der Waals surface area (Å²) in [6.07, 6.45) is 1.83. The molecule has 5 heteroatoms. The Morgan fingerprint density at radius 1 is 1.20 bits per heavy atom. The van der Waals surface area contributed by atoms with Crippen LogP contribution >= 0.6 is 11.3 Å². The van der Waals surface area contributed by atoms with E-state index in [4.69, 9.17) is 0 Å². The monoisotopic (exact) mass is 359 g/mol. The molecule has 1 N–H and O–H groups in total. The Morgan fingerprint density at radius 2 is 1.96 bits per heavy atom. The smallest absolute Gasteiger partial charge is 0.263 e. The highest BCUT2D eigenvalue weighted by atomic mass is 32.1. The first-order valence-electron chi connectivity index (χ1n) is 8.90. The fraction of sp³-hybridized carbons (Fsp3) is 0.500. The second kappa shape index (κ2) is 9.11. The van der Waals surface area contributed by atoms with Crippen LogP contribution in [0.25, 0.3) is 0 Å². The number of hydrogen-bond acceptors (Lipinski definition) is 4. The molecular formula is C20H29N3OS. The fourth-order valence-corrected chi connectivity index (χ4v) is 3.56. The Balaban J connectivity index is 1.92. The van der Waals surface area contributed by atoms with E-state index in [9.17, 15) is 4.79 Å². The summed E-state index contributed by atoms with van der Waals surface area (Å²) in [6, 6.07) is 6.60. The summed E-state index contributed by atoms with van der Waals surface area (Å²) in [7, 11) is 2.05. The maximum absolute atomic E-state index is 12.3. The van der Waals surface area contributed by atoms with Crippen molar-refractivity contribution in [3.8, 4) is 0 Å². The lowest BCUT2D eigenvalue weighted by Gasteiger charge is -2.13. The zero-order chi connectivity index (χ0) is 18.4. The Morgan fingerprint density at radius 3 is 2.64 bits per heavy atom. The summed E-state index contributed by atoms with van der Waals surface area (Å²) in [5, 5.41) is 4.03. The number of rotatable bonds is 8. The lowest BCUT2D eigenvalue weighted by Crippen LogP contribution is -2.32. The van der Waals surface area contributed by atoms with Gasteiger partial charge in [0.05, 0.1) is 10.7 Å². The van der Waals surface area contributed by atoms with Crippen molar-refractivity contribution in [2.24, 2.45) is 0 Å². The van der Waals surface area contributed by atoms with E-state index in [0.29, 0.717) is 6.54 Å². The molecule has 0 aliphatic rings. The fourth-order valence-electron chi connectivity index (χ4n) is 2.58. The molecule has 1 heterocycles. The number of aryl methyl sites for hydroxylation is 5. The number of carbonyl (C=O) groups is 1. The second-order valence-electron chi connectivity index (χ2n) is 6.59. The number of likely N-dealkylation sites (N-methyl/N-ethyl adjacent to an activating group) is 1. The Bertz CT molecular complexity index is 724. The van der Waals surface area contributed by atoms with Gasteiger partial charge in [0.25, 0.3) is 5.91 Å². The van der Waals surface area contributed by atoms with E-state index in [1.54, 1.807) is 0 Å². The average molecular weight is 360 g/mol. The van der Waals surface area contributed by atoms with Crippen molar-refractivity contribution in [2.45, 2.75) is 40.5 Å². The van der Waals surface area contributed by atoms with Gasteiger partial charge in [-0.15, -0.1) is 11.3 Å². The third-order valence-electron chi connectivity index (χ3n) is 4.56. The van der Waals surface area contributed by atoms with Gasteiger partial charge in [0, 0.05) is 19.5 Å². The van der Waals surface area contributed by atoms with Crippen molar-refractivity contribution in [3.63, 3.8) is 0 Å². The third kappa shape index (κ3) is 5.65. The van der Waals surface area contributed by atoms with Gasteiger partial charge in [-0.2, -0.15) is 0 Å². The standard InChI is InChI=1S/C20H29N3OS/c1-6-23(5)12-11-21-20(24)19-16(4)22-18(25-19)10-9-17-8-7-14(2)15(3)13-17/h7-8,13H,6,9-12H2,1-5H3,(H,21,24). The van der Waals surface area contributed by atoms with Crippen molar-refractivity contribution in [1.29, 1.82) is 0 Å². The lowest BCUT2D eigenvalue weighted by atomic mass is 10.0. The molecule has 0 aliphatic carbocycles. The summed E-state index contributed by atoms with van der Waals surface area (Å²) >= 11 is 1.52. The maximum Gasteiger partial charge on any atom is 0.263 e. The van der Waals surface area contributed by atoms with Gasteiger partial charge in [-0.25, -0.2) is 4.98 Å². The van der Waals surface area contributed by atoms with Crippen LogP contribution in [0, 0.1) is 20.8 Å². The number of amides is 1. The normalized spacial score (nSPS) is 11.1. The van der Waals surface area contributed by atoms with Gasteiger partial charge in [-0.3, -0.25) is 4.79 Å². The molecule has 1 aromatic heterocycles. The number of hydrogen-bond donors (Lipinski definition) is 1. The third-order valence-corrected chi connectivity index (χ3v) is 5.78. The number of carbonyl (C=O) groups excluding carboxylic acids is 1. The molecule has 4 nitrogen and oxygen atoms in total. The van der Waals surface area contributed by atoms with E-state index >= 15 is 0 Å². The van der Waals surface area contributed by atoms with Crippen LogP contribution in [0.3, 0.4) is 0 Å². The topological polar surface area (TPSA) is 45.2 Å². The van der Waals surface area contributed by atoms with Crippen molar-refractivity contribution >= 4 is 17.2 Å². The van der Waals surface area contributed by atoms with Gasteiger partial charge in [-0.05, 0) is 57.5 Å². The molecule has 0 unspecified atom stereocenters. The Kier molecular flexibility index (Phi) is 7.14. The van der Waals surface area contributed by atoms with Crippen LogP contribution in [0.15, 0.2) is 18.2 Å². The summed E-state index contributed by atoms with van der Waals surface area (Å²) in [4.78, 5) is 19.9. The molecule has 0 atom stereocenters. The Labute approximate surface area is 155 Å². The number of benzene rings is 1. The van der Waals surface area contributed by atoms with Gasteiger partial charge in [0.2, 0.25) is 0 Å². The average Bonchev–Trinajstić information content (AvgIpc) is 2.96. The van der Waals surface area contributed by atoms with E-state index < -0.39 is 0 Å². The van der Waals surface area contributed by atoms with Crippen LogP contribution < -0.4 is 5.32 Å². The van der Waals surface area contributed by atoms with Gasteiger partial charge < -0.3 is 10.2 Å². The minimum absolute atomic E-state index is 0.00284. The number of nitrogens with zero attached hydrogens (tertiary/aromatic N) is 2. The van der Waals surface area contributed by atoms with Crippen LogP contribution in [0.4, 0.5) is 0 Å². The predicted octanol–water partition coefficient (Wildman–Crippen LogP) is 3.54. The molecule has 0 fully saturated rings. The Hall–Kier alpha value is -1.72. The van der Waals surface area contributed by atoms with Crippen molar-refractivity contribution in [3.05, 3.63) is 50.5 Å². The van der Waals surface area contributed by atoms with Gasteiger partial charge in [0.15, 0.2) is 0 Å². The minimum Gasteiger partial charge on any atom is -0.350 e. The first kappa shape index (κ1) is 19.6. The van der Waals surface area contributed by atoms with Crippen LogP contribution in [0.5, 0.6) is 0 Å². The van der Waals surface area contributed by atoms with Crippen molar-refractivity contribution in [1.82, 2.24) is 15.2 Å². The van der Waals surface area contributed by atoms with Crippen LogP contribution in [0.1, 0.15) is 44.0 Å². The molecule has 2 rings (SSSR count). The molecule has 1 aromatic carbocycles. The van der Waals surface area contributed by atoms with Crippen molar-refractivity contribution in [2.75, 3.05) is 26.7 Å². The first-order chi connectivity index (χ1) is 11.9. The molecule has 0 spiro atoms. The molecule has 0 saturated carbocycles.